The van der Waals surface area contributed by atoms with Gasteiger partial charge in [-0.2, -0.15) is 0 Å². The maximum Gasteiger partial charge on any atom is 0.119 e. The number of benzene rings is 1. The van der Waals surface area contributed by atoms with Crippen LogP contribution in [0.25, 0.3) is 0 Å². The van der Waals surface area contributed by atoms with Gasteiger partial charge < -0.3 is 20.3 Å². The highest BCUT2D eigenvalue weighted by Crippen LogP contribution is 2.23. The molecule has 0 aromatic heterocycles. The van der Waals surface area contributed by atoms with Crippen LogP contribution >= 0.6 is 0 Å². The maximum absolute atomic E-state index is 9.91. The molecule has 2 rings (SSSR count). The molecule has 4 heteroatoms. The normalized spacial score (nSPS) is 18.2. The highest BCUT2D eigenvalue weighted by atomic mass is 16.5. The van der Waals surface area contributed by atoms with Crippen LogP contribution in [0.5, 0.6) is 5.75 Å². The second-order valence-electron chi connectivity index (χ2n) is 5.03. The summed E-state index contributed by atoms with van der Waals surface area (Å²) in [5.41, 5.74) is 6.33. The molecule has 1 aromatic carbocycles. The van der Waals surface area contributed by atoms with Crippen molar-refractivity contribution in [2.45, 2.75) is 25.4 Å². The Bertz CT molecular complexity index is 377. The average Bonchev–Trinajstić information content (AvgIpc) is 2.47. The minimum Gasteiger partial charge on any atom is -0.493 e. The Morgan fingerprint density at radius 2 is 2.16 bits per heavy atom. The minimum atomic E-state index is -0.503. The topological polar surface area (TPSA) is 64.7 Å². The number of aliphatic hydroxyl groups excluding tert-OH is 1. The van der Waals surface area contributed by atoms with Crippen LogP contribution in [0, 0.1) is 5.92 Å². The fourth-order valence-corrected chi connectivity index (χ4v) is 2.26. The van der Waals surface area contributed by atoms with Crippen molar-refractivity contribution >= 4 is 0 Å². The molecule has 1 heterocycles. The number of ether oxygens (including phenoxy) is 2. The van der Waals surface area contributed by atoms with E-state index in [2.05, 4.69) is 0 Å². The zero-order chi connectivity index (χ0) is 13.5. The molecule has 0 radical (unpaired) electrons. The molecule has 1 aliphatic rings. The molecular formula is C15H23NO3. The van der Waals surface area contributed by atoms with E-state index in [0.29, 0.717) is 18.9 Å². The van der Waals surface area contributed by atoms with Crippen molar-refractivity contribution in [1.82, 2.24) is 0 Å². The van der Waals surface area contributed by atoms with Gasteiger partial charge in [0.05, 0.1) is 12.7 Å². The SMILES string of the molecule is NCCC(O)c1cccc(OCC2CCOCC2)c1. The smallest absolute Gasteiger partial charge is 0.119 e. The Kier molecular flexibility index (Phi) is 5.63. The van der Waals surface area contributed by atoms with E-state index in [0.717, 1.165) is 44.0 Å². The largest absolute Gasteiger partial charge is 0.493 e. The lowest BCUT2D eigenvalue weighted by Crippen LogP contribution is -2.21. The average molecular weight is 265 g/mol. The summed E-state index contributed by atoms with van der Waals surface area (Å²) in [5.74, 6) is 1.39. The lowest BCUT2D eigenvalue weighted by atomic mass is 10.0. The Morgan fingerprint density at radius 1 is 1.37 bits per heavy atom. The molecule has 4 nitrogen and oxygen atoms in total. The molecule has 1 aromatic rings. The molecule has 1 aliphatic heterocycles. The van der Waals surface area contributed by atoms with Gasteiger partial charge in [0.2, 0.25) is 0 Å². The van der Waals surface area contributed by atoms with Gasteiger partial charge in [-0.15, -0.1) is 0 Å². The second kappa shape index (κ2) is 7.48. The van der Waals surface area contributed by atoms with Gasteiger partial charge in [0, 0.05) is 13.2 Å². The molecule has 1 saturated heterocycles. The number of hydrogen-bond acceptors (Lipinski definition) is 4. The molecule has 0 spiro atoms. The van der Waals surface area contributed by atoms with Crippen LogP contribution in [-0.2, 0) is 4.74 Å². The van der Waals surface area contributed by atoms with E-state index in [1.807, 2.05) is 24.3 Å². The van der Waals surface area contributed by atoms with Crippen LogP contribution in [-0.4, -0.2) is 31.5 Å². The summed E-state index contributed by atoms with van der Waals surface area (Å²) in [5, 5.41) is 9.91. The molecule has 0 bridgehead atoms. The Labute approximate surface area is 114 Å². The number of rotatable bonds is 6. The molecule has 1 fully saturated rings. The summed E-state index contributed by atoms with van der Waals surface area (Å²) in [7, 11) is 0. The second-order valence-corrected chi connectivity index (χ2v) is 5.03. The van der Waals surface area contributed by atoms with E-state index < -0.39 is 6.10 Å². The van der Waals surface area contributed by atoms with Gasteiger partial charge in [-0.3, -0.25) is 0 Å². The first-order valence-corrected chi connectivity index (χ1v) is 6.98. The summed E-state index contributed by atoms with van der Waals surface area (Å²) in [6, 6.07) is 7.65. The fourth-order valence-electron chi connectivity index (χ4n) is 2.26. The van der Waals surface area contributed by atoms with Crippen molar-refractivity contribution < 1.29 is 14.6 Å². The molecule has 0 saturated carbocycles. The van der Waals surface area contributed by atoms with Crippen molar-refractivity contribution in [3.8, 4) is 5.75 Å². The summed E-state index contributed by atoms with van der Waals surface area (Å²) < 4.78 is 11.1. The maximum atomic E-state index is 9.91. The molecule has 0 amide bonds. The Balaban J connectivity index is 1.87. The molecule has 1 unspecified atom stereocenters. The third-order valence-electron chi connectivity index (χ3n) is 3.51. The highest BCUT2D eigenvalue weighted by molar-refractivity contribution is 5.29. The van der Waals surface area contributed by atoms with E-state index in [1.165, 1.54) is 0 Å². The minimum absolute atomic E-state index is 0.480. The van der Waals surface area contributed by atoms with Crippen LogP contribution < -0.4 is 10.5 Å². The van der Waals surface area contributed by atoms with Gasteiger partial charge in [-0.25, -0.2) is 0 Å². The third kappa shape index (κ3) is 4.49. The fraction of sp³-hybridized carbons (Fsp3) is 0.600. The molecule has 106 valence electrons. The summed E-state index contributed by atoms with van der Waals surface area (Å²) in [6.45, 7) is 2.88. The van der Waals surface area contributed by atoms with E-state index in [1.54, 1.807) is 0 Å². The van der Waals surface area contributed by atoms with Crippen LogP contribution in [0.1, 0.15) is 30.9 Å². The van der Waals surface area contributed by atoms with E-state index in [9.17, 15) is 5.11 Å². The Morgan fingerprint density at radius 3 is 2.89 bits per heavy atom. The highest BCUT2D eigenvalue weighted by Gasteiger charge is 2.14. The Hall–Kier alpha value is -1.10. The first kappa shape index (κ1) is 14.3. The summed E-state index contributed by atoms with van der Waals surface area (Å²) in [4.78, 5) is 0. The lowest BCUT2D eigenvalue weighted by molar-refractivity contribution is 0.0497. The third-order valence-corrected chi connectivity index (χ3v) is 3.51. The first-order valence-electron chi connectivity index (χ1n) is 6.98. The van der Waals surface area contributed by atoms with Gasteiger partial charge in [0.25, 0.3) is 0 Å². The molecule has 0 aliphatic carbocycles. The number of hydrogen-bond donors (Lipinski definition) is 2. The van der Waals surface area contributed by atoms with Crippen molar-refractivity contribution in [3.05, 3.63) is 29.8 Å². The number of nitrogens with two attached hydrogens (primary N) is 1. The van der Waals surface area contributed by atoms with Gasteiger partial charge in [0.1, 0.15) is 5.75 Å². The van der Waals surface area contributed by atoms with Crippen LogP contribution in [0.2, 0.25) is 0 Å². The van der Waals surface area contributed by atoms with E-state index in [-0.39, 0.29) is 0 Å². The van der Waals surface area contributed by atoms with Crippen LogP contribution in [0.4, 0.5) is 0 Å². The quantitative estimate of drug-likeness (QED) is 0.824. The zero-order valence-corrected chi connectivity index (χ0v) is 11.3. The summed E-state index contributed by atoms with van der Waals surface area (Å²) >= 11 is 0. The predicted octanol–water partition coefficient (Wildman–Crippen LogP) is 1.87. The molecule has 19 heavy (non-hydrogen) atoms. The monoisotopic (exact) mass is 265 g/mol. The predicted molar refractivity (Wildman–Crippen MR) is 74.1 cm³/mol. The van der Waals surface area contributed by atoms with Crippen molar-refractivity contribution in [2.75, 3.05) is 26.4 Å². The van der Waals surface area contributed by atoms with Crippen LogP contribution in [0.3, 0.4) is 0 Å². The van der Waals surface area contributed by atoms with Crippen molar-refractivity contribution in [2.24, 2.45) is 11.7 Å². The van der Waals surface area contributed by atoms with E-state index in [4.69, 9.17) is 15.2 Å². The molecule has 3 N–H and O–H groups in total. The van der Waals surface area contributed by atoms with Gasteiger partial charge in [-0.1, -0.05) is 12.1 Å². The lowest BCUT2D eigenvalue weighted by Gasteiger charge is -2.22. The summed E-state index contributed by atoms with van der Waals surface area (Å²) in [6.07, 6.45) is 2.20. The van der Waals surface area contributed by atoms with Gasteiger partial charge in [-0.05, 0) is 49.4 Å². The zero-order valence-electron chi connectivity index (χ0n) is 11.3. The van der Waals surface area contributed by atoms with Crippen molar-refractivity contribution in [3.63, 3.8) is 0 Å². The van der Waals surface area contributed by atoms with Crippen molar-refractivity contribution in [1.29, 1.82) is 0 Å². The number of aliphatic hydroxyl groups is 1. The first-order chi connectivity index (χ1) is 9.29. The standard InChI is InChI=1S/C15H23NO3/c16-7-4-15(17)13-2-1-3-14(10-13)19-11-12-5-8-18-9-6-12/h1-3,10,12,15,17H,4-9,11,16H2. The van der Waals surface area contributed by atoms with Crippen LogP contribution in [0.15, 0.2) is 24.3 Å². The van der Waals surface area contributed by atoms with Gasteiger partial charge in [0.15, 0.2) is 0 Å². The molecular weight excluding hydrogens is 242 g/mol. The molecule has 1 atom stereocenters. The van der Waals surface area contributed by atoms with E-state index >= 15 is 0 Å². The van der Waals surface area contributed by atoms with Gasteiger partial charge >= 0.3 is 0 Å².